The van der Waals surface area contributed by atoms with Crippen molar-refractivity contribution >= 4 is 39.5 Å². The summed E-state index contributed by atoms with van der Waals surface area (Å²) in [6.45, 7) is 11.7. The maximum Gasteiger partial charge on any atom is 0.472 e. The van der Waals surface area contributed by atoms with Crippen molar-refractivity contribution in [1.29, 1.82) is 0 Å². The molecule has 492 valence electrons. The van der Waals surface area contributed by atoms with Gasteiger partial charge in [0.1, 0.15) is 19.3 Å². The van der Waals surface area contributed by atoms with Crippen molar-refractivity contribution in [3.05, 3.63) is 0 Å². The van der Waals surface area contributed by atoms with Gasteiger partial charge in [-0.1, -0.05) is 260 Å². The lowest BCUT2D eigenvalue weighted by atomic mass is 9.99. The summed E-state index contributed by atoms with van der Waals surface area (Å²) in [5.41, 5.74) is 0. The van der Waals surface area contributed by atoms with E-state index in [9.17, 15) is 43.2 Å². The Morgan fingerprint density at radius 3 is 0.916 bits per heavy atom. The average Bonchev–Trinajstić information content (AvgIpc) is 3.45. The predicted molar refractivity (Wildman–Crippen MR) is 331 cm³/mol. The van der Waals surface area contributed by atoms with Gasteiger partial charge in [-0.25, -0.2) is 9.13 Å². The van der Waals surface area contributed by atoms with Crippen LogP contribution in [-0.2, 0) is 65.4 Å². The van der Waals surface area contributed by atoms with Crippen molar-refractivity contribution in [2.45, 2.75) is 330 Å². The minimum Gasteiger partial charge on any atom is -0.462 e. The van der Waals surface area contributed by atoms with Crippen LogP contribution in [-0.4, -0.2) is 96.7 Å². The molecule has 0 aromatic heterocycles. The van der Waals surface area contributed by atoms with E-state index in [1.54, 1.807) is 0 Å². The lowest BCUT2D eigenvalue weighted by molar-refractivity contribution is -0.161. The van der Waals surface area contributed by atoms with E-state index >= 15 is 0 Å². The van der Waals surface area contributed by atoms with Crippen LogP contribution in [0, 0.1) is 17.8 Å². The number of hydrogen-bond donors (Lipinski definition) is 3. The van der Waals surface area contributed by atoms with Crippen molar-refractivity contribution in [3.63, 3.8) is 0 Å². The lowest BCUT2D eigenvalue weighted by Gasteiger charge is -2.21. The molecule has 0 aromatic rings. The van der Waals surface area contributed by atoms with E-state index in [4.69, 9.17) is 37.0 Å². The third-order valence-corrected chi connectivity index (χ3v) is 17.3. The topological polar surface area (TPSA) is 237 Å². The number of carbonyl (C=O) groups is 4. The summed E-state index contributed by atoms with van der Waals surface area (Å²) in [5, 5.41) is 10.5. The summed E-state index contributed by atoms with van der Waals surface area (Å²) < 4.78 is 67.8. The normalized spacial score (nSPS) is 15.0. The number of carbonyl (C=O) groups excluding carboxylic acids is 4. The Morgan fingerprint density at radius 2 is 0.614 bits per heavy atom. The number of ether oxygens (including phenoxy) is 4. The molecule has 0 rings (SSSR count). The molecule has 0 heterocycles. The molecular formula is C64H124O17P2. The summed E-state index contributed by atoms with van der Waals surface area (Å²) in [4.78, 5) is 72.0. The van der Waals surface area contributed by atoms with Gasteiger partial charge in [0.25, 0.3) is 0 Å². The molecule has 7 atom stereocenters. The van der Waals surface area contributed by atoms with Gasteiger partial charge in [-0.15, -0.1) is 0 Å². The highest BCUT2D eigenvalue weighted by molar-refractivity contribution is 7.47. The first kappa shape index (κ1) is 81.1. The molecule has 0 aromatic carbocycles. The van der Waals surface area contributed by atoms with E-state index in [2.05, 4.69) is 48.5 Å². The Kier molecular flexibility index (Phi) is 54.1. The van der Waals surface area contributed by atoms with Crippen LogP contribution in [0.1, 0.15) is 312 Å². The highest BCUT2D eigenvalue weighted by atomic mass is 31.2. The molecule has 0 aliphatic heterocycles. The van der Waals surface area contributed by atoms with Gasteiger partial charge in [-0.05, 0) is 43.4 Å². The first-order valence-electron chi connectivity index (χ1n) is 33.4. The quantitative estimate of drug-likeness (QED) is 0.0222. The fourth-order valence-corrected chi connectivity index (χ4v) is 11.0. The van der Waals surface area contributed by atoms with Crippen LogP contribution >= 0.6 is 15.6 Å². The minimum atomic E-state index is -4.95. The zero-order valence-corrected chi connectivity index (χ0v) is 55.4. The Balaban J connectivity index is 5.19. The molecule has 83 heavy (non-hydrogen) atoms. The second-order valence-electron chi connectivity index (χ2n) is 24.1. The number of esters is 4. The molecular weight excluding hydrogens is 1100 g/mol. The average molecular weight is 1230 g/mol. The Labute approximate surface area is 505 Å². The van der Waals surface area contributed by atoms with Crippen LogP contribution in [0.3, 0.4) is 0 Å². The molecule has 19 heteroatoms. The molecule has 3 N–H and O–H groups in total. The van der Waals surface area contributed by atoms with Gasteiger partial charge in [0, 0.05) is 25.7 Å². The van der Waals surface area contributed by atoms with E-state index in [0.29, 0.717) is 31.6 Å². The molecule has 0 saturated heterocycles. The van der Waals surface area contributed by atoms with E-state index in [1.165, 1.54) is 116 Å². The Hall–Kier alpha value is -1.94. The fraction of sp³-hybridized carbons (Fsp3) is 0.938. The van der Waals surface area contributed by atoms with Gasteiger partial charge >= 0.3 is 39.5 Å². The molecule has 0 radical (unpaired) electrons. The van der Waals surface area contributed by atoms with Crippen LogP contribution in [0.4, 0.5) is 0 Å². The molecule has 0 amide bonds. The van der Waals surface area contributed by atoms with Crippen molar-refractivity contribution in [1.82, 2.24) is 0 Å². The molecule has 0 fully saturated rings. The van der Waals surface area contributed by atoms with Crippen LogP contribution in [0.2, 0.25) is 0 Å². The van der Waals surface area contributed by atoms with E-state index in [-0.39, 0.29) is 25.7 Å². The van der Waals surface area contributed by atoms with Gasteiger partial charge in [0.2, 0.25) is 0 Å². The summed E-state index contributed by atoms with van der Waals surface area (Å²) in [7, 11) is -9.88. The van der Waals surface area contributed by atoms with Gasteiger partial charge in [0.05, 0.1) is 26.4 Å². The molecule has 4 unspecified atom stereocenters. The second kappa shape index (κ2) is 55.4. The molecule has 17 nitrogen and oxygen atoms in total. The van der Waals surface area contributed by atoms with Crippen molar-refractivity contribution in [3.8, 4) is 0 Å². The molecule has 0 spiro atoms. The monoisotopic (exact) mass is 1230 g/mol. The number of aliphatic hydroxyl groups excluding tert-OH is 1. The second-order valence-corrected chi connectivity index (χ2v) is 27.0. The highest BCUT2D eigenvalue weighted by Gasteiger charge is 2.30. The predicted octanol–water partition coefficient (Wildman–Crippen LogP) is 17.5. The van der Waals surface area contributed by atoms with Crippen molar-refractivity contribution in [2.24, 2.45) is 17.8 Å². The number of phosphoric ester groups is 2. The first-order valence-corrected chi connectivity index (χ1v) is 36.4. The minimum absolute atomic E-state index is 0.102. The number of hydrogen-bond acceptors (Lipinski definition) is 15. The highest BCUT2D eigenvalue weighted by Crippen LogP contribution is 2.45. The molecule has 0 bridgehead atoms. The maximum atomic E-state index is 13.0. The molecule has 0 saturated carbocycles. The largest absolute Gasteiger partial charge is 0.472 e. The van der Waals surface area contributed by atoms with E-state index in [1.807, 2.05) is 0 Å². The number of rotatable bonds is 62. The number of unbranched alkanes of at least 4 members (excludes halogenated alkanes) is 28. The van der Waals surface area contributed by atoms with Crippen LogP contribution in [0.25, 0.3) is 0 Å². The van der Waals surface area contributed by atoms with Crippen molar-refractivity contribution < 1.29 is 80.2 Å². The Bertz CT molecular complexity index is 1650. The van der Waals surface area contributed by atoms with Gasteiger partial charge in [-0.3, -0.25) is 37.3 Å². The molecule has 0 aliphatic rings. The number of phosphoric acid groups is 2. The standard InChI is InChI=1S/C64H124O17P2/c1-8-11-12-28-38-45-61(66)74-51-59(80-64(69)48-41-34-27-21-22-29-35-42-55(4)5)53-78-82(70,71)76-49-58(65)50-77-83(72,73)79-54-60(81-63(68)47-40-33-26-20-16-14-18-24-31-37-44-57(7)10-3)52-75-62(67)46-39-32-25-19-15-13-17-23-30-36-43-56(6)9-2/h55-60,65H,8-54H2,1-7H3,(H,70,71)(H,72,73)/t56?,57?,58-,59+,60+/m0/s1. The SMILES string of the molecule is CCCCCCCC(=O)OC[C@H](COP(=O)(O)OC[C@H](O)COP(=O)(O)OC[C@@H](COC(=O)CCCCCCCCCCCCC(C)CC)OC(=O)CCCCCCCCCCCCC(C)CC)OC(=O)CCCCCCCCCC(C)C. The fourth-order valence-electron chi connectivity index (χ4n) is 9.42. The van der Waals surface area contributed by atoms with Crippen LogP contribution in [0.15, 0.2) is 0 Å². The zero-order chi connectivity index (χ0) is 61.7. The van der Waals surface area contributed by atoms with E-state index < -0.39 is 97.5 Å². The summed E-state index contributed by atoms with van der Waals surface area (Å²) in [6, 6.07) is 0. The number of aliphatic hydroxyl groups is 1. The lowest BCUT2D eigenvalue weighted by Crippen LogP contribution is -2.30. The summed E-state index contributed by atoms with van der Waals surface area (Å²) in [5.74, 6) is 0.161. The molecule has 0 aliphatic carbocycles. The van der Waals surface area contributed by atoms with Crippen LogP contribution in [0.5, 0.6) is 0 Å². The maximum absolute atomic E-state index is 13.0. The zero-order valence-electron chi connectivity index (χ0n) is 53.6. The Morgan fingerprint density at radius 1 is 0.349 bits per heavy atom. The third kappa shape index (κ3) is 56.3. The van der Waals surface area contributed by atoms with Gasteiger partial charge < -0.3 is 33.8 Å². The van der Waals surface area contributed by atoms with Crippen LogP contribution < -0.4 is 0 Å². The summed E-state index contributed by atoms with van der Waals surface area (Å²) >= 11 is 0. The first-order chi connectivity index (χ1) is 39.8. The van der Waals surface area contributed by atoms with E-state index in [0.717, 1.165) is 108 Å². The van der Waals surface area contributed by atoms with Gasteiger partial charge in [0.15, 0.2) is 12.2 Å². The van der Waals surface area contributed by atoms with Gasteiger partial charge in [-0.2, -0.15) is 0 Å². The smallest absolute Gasteiger partial charge is 0.462 e. The van der Waals surface area contributed by atoms with Crippen molar-refractivity contribution in [2.75, 3.05) is 39.6 Å². The summed E-state index contributed by atoms with van der Waals surface area (Å²) in [6.07, 6.45) is 36.5. The third-order valence-electron chi connectivity index (χ3n) is 15.4.